The molecule has 0 aliphatic carbocycles. The largest absolute Gasteiger partial charge is 0.270 e. The molecule has 0 aliphatic heterocycles. The van der Waals surface area contributed by atoms with Crippen LogP contribution in [0.25, 0.3) is 0 Å². The Morgan fingerprint density at radius 2 is 1.95 bits per heavy atom. The topological polar surface area (TPSA) is 55.2 Å². The van der Waals surface area contributed by atoms with E-state index in [1.807, 2.05) is 0 Å². The third-order valence-corrected chi connectivity index (χ3v) is 5.64. The van der Waals surface area contributed by atoms with Gasteiger partial charge >= 0.3 is 0 Å². The van der Waals surface area contributed by atoms with Crippen molar-refractivity contribution in [2.45, 2.75) is 11.4 Å². The van der Waals surface area contributed by atoms with E-state index in [1.54, 1.807) is 30.1 Å². The van der Waals surface area contributed by atoms with Crippen LogP contribution in [0.4, 0.5) is 0 Å². The first-order chi connectivity index (χ1) is 9.32. The molecule has 1 aromatic heterocycles. The normalized spacial score (nSPS) is 12.1. The van der Waals surface area contributed by atoms with Crippen LogP contribution in [0.3, 0.4) is 0 Å². The minimum Gasteiger partial charge on any atom is -0.270 e. The summed E-state index contributed by atoms with van der Waals surface area (Å²) in [5.74, 6) is 0. The molecule has 0 spiro atoms. The van der Waals surface area contributed by atoms with E-state index in [0.29, 0.717) is 5.02 Å². The zero-order valence-corrected chi connectivity index (χ0v) is 14.1. The van der Waals surface area contributed by atoms with Crippen molar-refractivity contribution in [1.82, 2.24) is 14.1 Å². The Morgan fingerprint density at radius 1 is 1.35 bits per heavy atom. The minimum absolute atomic E-state index is 0.211. The van der Waals surface area contributed by atoms with Gasteiger partial charge in [0.25, 0.3) is 0 Å². The van der Waals surface area contributed by atoms with E-state index in [4.69, 9.17) is 11.6 Å². The summed E-state index contributed by atoms with van der Waals surface area (Å²) in [5, 5.41) is 4.57. The number of hydrogen-bond acceptors (Lipinski definition) is 3. The molecule has 0 saturated heterocycles. The van der Waals surface area contributed by atoms with E-state index >= 15 is 0 Å². The van der Waals surface area contributed by atoms with Gasteiger partial charge in [0.1, 0.15) is 0 Å². The second-order valence-corrected chi connectivity index (χ2v) is 7.61. The summed E-state index contributed by atoms with van der Waals surface area (Å²) in [6.45, 7) is 0.224. The maximum absolute atomic E-state index is 12.4. The molecular weight excluding hydrogens is 366 g/mol. The smallest absolute Gasteiger partial charge is 0.243 e. The molecule has 2 aromatic rings. The monoisotopic (exact) mass is 377 g/mol. The van der Waals surface area contributed by atoms with Crippen LogP contribution in [0.1, 0.15) is 5.69 Å². The van der Waals surface area contributed by atoms with Crippen molar-refractivity contribution in [2.75, 3.05) is 7.05 Å². The average molecular weight is 379 g/mol. The molecule has 8 heteroatoms. The van der Waals surface area contributed by atoms with Gasteiger partial charge in [-0.2, -0.15) is 9.40 Å². The predicted octanol–water partition coefficient (Wildman–Crippen LogP) is 2.66. The van der Waals surface area contributed by atoms with Gasteiger partial charge in [0.05, 0.1) is 27.8 Å². The van der Waals surface area contributed by atoms with Gasteiger partial charge in [0.15, 0.2) is 0 Å². The molecule has 108 valence electrons. The first-order valence-corrected chi connectivity index (χ1v) is 8.32. The summed E-state index contributed by atoms with van der Waals surface area (Å²) in [5.41, 5.74) is 0.782. The van der Waals surface area contributed by atoms with E-state index in [9.17, 15) is 8.42 Å². The first kappa shape index (κ1) is 15.5. The fourth-order valence-electron chi connectivity index (χ4n) is 1.70. The molecule has 0 aliphatic rings. The Morgan fingerprint density at radius 3 is 2.45 bits per heavy atom. The second kappa shape index (κ2) is 5.85. The Hall–Kier alpha value is -0.890. The zero-order chi connectivity index (χ0) is 14.9. The highest BCUT2D eigenvalue weighted by Gasteiger charge is 2.22. The van der Waals surface area contributed by atoms with Gasteiger partial charge in [-0.15, -0.1) is 0 Å². The molecule has 0 radical (unpaired) electrons. The fourth-order valence-corrected chi connectivity index (χ4v) is 3.43. The van der Waals surface area contributed by atoms with Gasteiger partial charge in [0, 0.05) is 19.1 Å². The SMILES string of the molecule is CN(Cc1c(Br)cnn1C)S(=O)(=O)c1ccc(Cl)cc1. The van der Waals surface area contributed by atoms with Crippen molar-refractivity contribution >= 4 is 37.6 Å². The van der Waals surface area contributed by atoms with Crippen LogP contribution in [0.15, 0.2) is 39.8 Å². The van der Waals surface area contributed by atoms with E-state index in [1.165, 1.54) is 23.5 Å². The Kier molecular flexibility index (Phi) is 4.53. The summed E-state index contributed by atoms with van der Waals surface area (Å²) in [7, 11) is -0.255. The Labute approximate surface area is 131 Å². The summed E-state index contributed by atoms with van der Waals surface area (Å²) in [6.07, 6.45) is 1.64. The van der Waals surface area contributed by atoms with Gasteiger partial charge in [-0.1, -0.05) is 11.6 Å². The molecule has 0 bridgehead atoms. The first-order valence-electron chi connectivity index (χ1n) is 5.70. The summed E-state index contributed by atoms with van der Waals surface area (Å²) >= 11 is 9.13. The number of hydrogen-bond donors (Lipinski definition) is 0. The van der Waals surface area contributed by atoms with Crippen molar-refractivity contribution < 1.29 is 8.42 Å². The van der Waals surface area contributed by atoms with Crippen LogP contribution in [0, 0.1) is 0 Å². The third kappa shape index (κ3) is 3.06. The van der Waals surface area contributed by atoms with Crippen LogP contribution in [-0.4, -0.2) is 29.6 Å². The third-order valence-electron chi connectivity index (χ3n) is 2.90. The Balaban J connectivity index is 2.28. The number of aryl methyl sites for hydroxylation is 1. The van der Waals surface area contributed by atoms with E-state index in [0.717, 1.165) is 10.2 Å². The fraction of sp³-hybridized carbons (Fsp3) is 0.250. The molecule has 1 aromatic carbocycles. The number of aromatic nitrogens is 2. The quantitative estimate of drug-likeness (QED) is 0.822. The average Bonchev–Trinajstić information content (AvgIpc) is 2.71. The summed E-state index contributed by atoms with van der Waals surface area (Å²) in [6, 6.07) is 6.10. The van der Waals surface area contributed by atoms with E-state index in [-0.39, 0.29) is 11.4 Å². The highest BCUT2D eigenvalue weighted by molar-refractivity contribution is 9.10. The maximum atomic E-state index is 12.4. The van der Waals surface area contributed by atoms with Gasteiger partial charge in [-0.05, 0) is 40.2 Å². The van der Waals surface area contributed by atoms with Crippen molar-refractivity contribution in [3.8, 4) is 0 Å². The van der Waals surface area contributed by atoms with Gasteiger partial charge in [0.2, 0.25) is 10.0 Å². The van der Waals surface area contributed by atoms with Crippen molar-refractivity contribution in [3.05, 3.63) is 45.7 Å². The summed E-state index contributed by atoms with van der Waals surface area (Å²) in [4.78, 5) is 0.211. The van der Waals surface area contributed by atoms with Crippen LogP contribution < -0.4 is 0 Å². The number of nitrogens with zero attached hydrogens (tertiary/aromatic N) is 3. The molecule has 0 amide bonds. The van der Waals surface area contributed by atoms with Gasteiger partial charge < -0.3 is 0 Å². The number of rotatable bonds is 4. The van der Waals surface area contributed by atoms with E-state index < -0.39 is 10.0 Å². The molecule has 0 N–H and O–H groups in total. The van der Waals surface area contributed by atoms with Crippen molar-refractivity contribution in [3.63, 3.8) is 0 Å². The molecule has 0 unspecified atom stereocenters. The van der Waals surface area contributed by atoms with Gasteiger partial charge in [-0.25, -0.2) is 8.42 Å². The lowest BCUT2D eigenvalue weighted by Gasteiger charge is -2.17. The van der Waals surface area contributed by atoms with Crippen LogP contribution in [-0.2, 0) is 23.6 Å². The van der Waals surface area contributed by atoms with Crippen LogP contribution in [0.5, 0.6) is 0 Å². The van der Waals surface area contributed by atoms with Crippen molar-refractivity contribution in [2.24, 2.45) is 7.05 Å². The predicted molar refractivity (Wildman–Crippen MR) is 81.0 cm³/mol. The minimum atomic E-state index is -3.55. The summed E-state index contributed by atoms with van der Waals surface area (Å²) < 4.78 is 28.5. The zero-order valence-electron chi connectivity index (χ0n) is 10.9. The molecule has 0 fully saturated rings. The second-order valence-electron chi connectivity index (χ2n) is 4.28. The maximum Gasteiger partial charge on any atom is 0.243 e. The lowest BCUT2D eigenvalue weighted by Crippen LogP contribution is -2.27. The molecule has 2 rings (SSSR count). The van der Waals surface area contributed by atoms with E-state index in [2.05, 4.69) is 21.0 Å². The molecule has 0 atom stereocenters. The molecule has 5 nitrogen and oxygen atoms in total. The molecule has 0 saturated carbocycles. The van der Waals surface area contributed by atoms with Gasteiger partial charge in [-0.3, -0.25) is 4.68 Å². The molecule has 1 heterocycles. The van der Waals surface area contributed by atoms with Crippen LogP contribution >= 0.6 is 27.5 Å². The number of halogens is 2. The number of benzene rings is 1. The molecular formula is C12H13BrClN3O2S. The molecule has 20 heavy (non-hydrogen) atoms. The van der Waals surface area contributed by atoms with Crippen molar-refractivity contribution in [1.29, 1.82) is 0 Å². The lowest BCUT2D eigenvalue weighted by atomic mass is 10.4. The van der Waals surface area contributed by atoms with Crippen LogP contribution in [0.2, 0.25) is 5.02 Å². The number of sulfonamides is 1. The highest BCUT2D eigenvalue weighted by atomic mass is 79.9. The standard InChI is InChI=1S/C12H13BrClN3O2S/c1-16(8-12-11(13)7-15-17(12)2)20(18,19)10-5-3-9(14)4-6-10/h3-7H,8H2,1-2H3. The Bertz CT molecular complexity index is 693. The highest BCUT2D eigenvalue weighted by Crippen LogP contribution is 2.22. The lowest BCUT2D eigenvalue weighted by molar-refractivity contribution is 0.452.